The molecule has 132 valence electrons. The summed E-state index contributed by atoms with van der Waals surface area (Å²) in [6, 6.07) is 5.76. The van der Waals surface area contributed by atoms with E-state index in [1.165, 1.54) is 16.8 Å². The predicted octanol–water partition coefficient (Wildman–Crippen LogP) is 2.18. The second-order valence-electron chi connectivity index (χ2n) is 5.87. The summed E-state index contributed by atoms with van der Waals surface area (Å²) in [7, 11) is 0. The Bertz CT molecular complexity index is 859. The number of hydrogen-bond acceptors (Lipinski definition) is 3. The molecule has 25 heavy (non-hydrogen) atoms. The van der Waals surface area contributed by atoms with Gasteiger partial charge in [-0.3, -0.25) is 9.59 Å². The average Bonchev–Trinajstić information content (AvgIpc) is 3.01. The topological polar surface area (TPSA) is 64.0 Å². The van der Waals surface area contributed by atoms with Crippen molar-refractivity contribution in [2.75, 3.05) is 6.54 Å². The highest BCUT2D eigenvalue weighted by Gasteiger charge is 2.30. The van der Waals surface area contributed by atoms with Crippen LogP contribution in [0, 0.1) is 0 Å². The lowest BCUT2D eigenvalue weighted by Crippen LogP contribution is -2.32. The number of alkyl halides is 3. The minimum Gasteiger partial charge on any atom is -0.350 e. The number of aromatic nitrogens is 2. The number of carbonyl (C=O) groups excluding carboxylic acids is 1. The maximum absolute atomic E-state index is 12.7. The average molecular weight is 351 g/mol. The Morgan fingerprint density at radius 2 is 2.04 bits per heavy atom. The number of nitrogens with one attached hydrogen (secondary N) is 1. The van der Waals surface area contributed by atoms with Gasteiger partial charge in [0, 0.05) is 18.2 Å². The molecule has 1 aliphatic rings. The first-order valence-corrected chi connectivity index (χ1v) is 7.90. The molecule has 3 rings (SSSR count). The van der Waals surface area contributed by atoms with Crippen LogP contribution in [0.5, 0.6) is 0 Å². The zero-order valence-corrected chi connectivity index (χ0v) is 13.3. The van der Waals surface area contributed by atoms with E-state index in [9.17, 15) is 22.8 Å². The summed E-state index contributed by atoms with van der Waals surface area (Å²) in [6.45, 7) is 0.261. The molecule has 0 aliphatic heterocycles. The molecule has 8 heteroatoms. The Labute approximate surface area is 141 Å². The second kappa shape index (κ2) is 6.70. The number of benzene rings is 1. The summed E-state index contributed by atoms with van der Waals surface area (Å²) in [5, 5.41) is 6.79. The van der Waals surface area contributed by atoms with Crippen molar-refractivity contribution in [1.82, 2.24) is 15.1 Å². The molecular weight excluding hydrogens is 335 g/mol. The Morgan fingerprint density at radius 1 is 1.24 bits per heavy atom. The van der Waals surface area contributed by atoms with Crippen LogP contribution in [0.3, 0.4) is 0 Å². The van der Waals surface area contributed by atoms with Gasteiger partial charge in [-0.1, -0.05) is 6.07 Å². The normalized spacial score (nSPS) is 13.6. The molecule has 1 aliphatic carbocycles. The molecule has 1 amide bonds. The Hall–Kier alpha value is -2.64. The van der Waals surface area contributed by atoms with Crippen LogP contribution in [0.1, 0.15) is 33.6 Å². The molecule has 0 spiro atoms. The SMILES string of the molecule is O=C(NCCn1nc2c(cc1=O)CCC2)c1cccc(C(F)(F)F)c1. The lowest BCUT2D eigenvalue weighted by Gasteiger charge is -2.10. The van der Waals surface area contributed by atoms with Crippen LogP contribution in [0.15, 0.2) is 35.1 Å². The summed E-state index contributed by atoms with van der Waals surface area (Å²) in [5.74, 6) is -0.625. The molecule has 5 nitrogen and oxygen atoms in total. The largest absolute Gasteiger partial charge is 0.416 e. The Balaban J connectivity index is 1.63. The van der Waals surface area contributed by atoms with Gasteiger partial charge in [-0.05, 0) is 43.0 Å². The third-order valence-corrected chi connectivity index (χ3v) is 4.09. The van der Waals surface area contributed by atoms with E-state index < -0.39 is 17.6 Å². The standard InChI is InChI=1S/C17H16F3N3O2/c18-17(19,20)13-5-1-4-12(9-13)16(25)21-7-8-23-15(24)10-11-3-2-6-14(11)22-23/h1,4-5,9-10H,2-3,6-8H2,(H,21,25). The highest BCUT2D eigenvalue weighted by atomic mass is 19.4. The van der Waals surface area contributed by atoms with Crippen LogP contribution >= 0.6 is 0 Å². The first kappa shape index (κ1) is 17.2. The van der Waals surface area contributed by atoms with E-state index in [1.807, 2.05) is 0 Å². The molecular formula is C17H16F3N3O2. The van der Waals surface area contributed by atoms with E-state index in [0.29, 0.717) is 0 Å². The van der Waals surface area contributed by atoms with Crippen LogP contribution in [0.2, 0.25) is 0 Å². The van der Waals surface area contributed by atoms with Gasteiger partial charge in [-0.2, -0.15) is 18.3 Å². The third kappa shape index (κ3) is 3.89. The van der Waals surface area contributed by atoms with Crippen molar-refractivity contribution in [3.63, 3.8) is 0 Å². The lowest BCUT2D eigenvalue weighted by molar-refractivity contribution is -0.137. The number of amides is 1. The van der Waals surface area contributed by atoms with Gasteiger partial charge in [0.1, 0.15) is 0 Å². The van der Waals surface area contributed by atoms with Crippen LogP contribution in [0.25, 0.3) is 0 Å². The van der Waals surface area contributed by atoms with Gasteiger partial charge in [0.05, 0.1) is 17.8 Å². The van der Waals surface area contributed by atoms with Gasteiger partial charge in [-0.25, -0.2) is 4.68 Å². The van der Waals surface area contributed by atoms with Gasteiger partial charge >= 0.3 is 6.18 Å². The number of aryl methyl sites for hydroxylation is 2. The number of halogens is 3. The molecule has 1 heterocycles. The zero-order chi connectivity index (χ0) is 18.0. The van der Waals surface area contributed by atoms with Crippen molar-refractivity contribution >= 4 is 5.91 Å². The molecule has 0 fully saturated rings. The molecule has 2 aromatic rings. The fourth-order valence-electron chi connectivity index (χ4n) is 2.81. The van der Waals surface area contributed by atoms with Gasteiger partial charge in [-0.15, -0.1) is 0 Å². The molecule has 0 radical (unpaired) electrons. The van der Waals surface area contributed by atoms with Crippen LogP contribution in [-0.4, -0.2) is 22.2 Å². The van der Waals surface area contributed by atoms with Gasteiger partial charge < -0.3 is 5.32 Å². The quantitative estimate of drug-likeness (QED) is 0.918. The fourth-order valence-corrected chi connectivity index (χ4v) is 2.81. The van der Waals surface area contributed by atoms with E-state index in [4.69, 9.17) is 0 Å². The third-order valence-electron chi connectivity index (χ3n) is 4.09. The molecule has 1 aromatic heterocycles. The highest BCUT2D eigenvalue weighted by Crippen LogP contribution is 2.29. The first-order chi connectivity index (χ1) is 11.8. The molecule has 0 unspecified atom stereocenters. The lowest BCUT2D eigenvalue weighted by atomic mass is 10.1. The van der Waals surface area contributed by atoms with E-state index in [0.717, 1.165) is 42.7 Å². The molecule has 0 atom stereocenters. The van der Waals surface area contributed by atoms with E-state index in [2.05, 4.69) is 10.4 Å². The van der Waals surface area contributed by atoms with Crippen molar-refractivity contribution in [1.29, 1.82) is 0 Å². The zero-order valence-electron chi connectivity index (χ0n) is 13.3. The smallest absolute Gasteiger partial charge is 0.350 e. The van der Waals surface area contributed by atoms with Crippen LogP contribution < -0.4 is 10.9 Å². The molecule has 1 N–H and O–H groups in total. The maximum Gasteiger partial charge on any atom is 0.416 e. The van der Waals surface area contributed by atoms with Crippen molar-refractivity contribution < 1.29 is 18.0 Å². The number of nitrogens with zero attached hydrogens (tertiary/aromatic N) is 2. The summed E-state index contributed by atoms with van der Waals surface area (Å²) in [6.07, 6.45) is -1.85. The second-order valence-corrected chi connectivity index (χ2v) is 5.87. The molecule has 0 saturated heterocycles. The van der Waals surface area contributed by atoms with Crippen molar-refractivity contribution in [3.05, 3.63) is 63.1 Å². The molecule has 1 aromatic carbocycles. The Kier molecular flexibility index (Phi) is 4.61. The predicted molar refractivity (Wildman–Crippen MR) is 84.3 cm³/mol. The summed E-state index contributed by atoms with van der Waals surface area (Å²) < 4.78 is 39.3. The monoisotopic (exact) mass is 351 g/mol. The summed E-state index contributed by atoms with van der Waals surface area (Å²) in [4.78, 5) is 23.9. The van der Waals surface area contributed by atoms with Crippen molar-refractivity contribution in [2.24, 2.45) is 0 Å². The number of rotatable bonds is 4. The summed E-state index contributed by atoms with van der Waals surface area (Å²) >= 11 is 0. The van der Waals surface area contributed by atoms with E-state index in [1.54, 1.807) is 6.07 Å². The number of hydrogen-bond donors (Lipinski definition) is 1. The Morgan fingerprint density at radius 3 is 2.80 bits per heavy atom. The number of carbonyl (C=O) groups is 1. The van der Waals surface area contributed by atoms with E-state index in [-0.39, 0.29) is 24.2 Å². The minimum absolute atomic E-state index is 0.0796. The van der Waals surface area contributed by atoms with Gasteiger partial charge in [0.15, 0.2) is 0 Å². The van der Waals surface area contributed by atoms with Crippen molar-refractivity contribution in [2.45, 2.75) is 32.0 Å². The minimum atomic E-state index is -4.50. The van der Waals surface area contributed by atoms with Gasteiger partial charge in [0.25, 0.3) is 11.5 Å². The van der Waals surface area contributed by atoms with E-state index >= 15 is 0 Å². The number of fused-ring (bicyclic) bond motifs is 1. The fraction of sp³-hybridized carbons (Fsp3) is 0.353. The van der Waals surface area contributed by atoms with Gasteiger partial charge in [0.2, 0.25) is 0 Å². The van der Waals surface area contributed by atoms with Crippen molar-refractivity contribution in [3.8, 4) is 0 Å². The van der Waals surface area contributed by atoms with Crippen LogP contribution in [0.4, 0.5) is 13.2 Å². The molecule has 0 bridgehead atoms. The highest BCUT2D eigenvalue weighted by molar-refractivity contribution is 5.94. The first-order valence-electron chi connectivity index (χ1n) is 7.90. The molecule has 0 saturated carbocycles. The van der Waals surface area contributed by atoms with Crippen LogP contribution in [-0.2, 0) is 25.6 Å². The summed E-state index contributed by atoms with van der Waals surface area (Å²) in [5.41, 5.74) is 0.660. The maximum atomic E-state index is 12.7.